The predicted molar refractivity (Wildman–Crippen MR) is 90.5 cm³/mol. The summed E-state index contributed by atoms with van der Waals surface area (Å²) in [6.45, 7) is 1.03. The Morgan fingerprint density at radius 1 is 1.05 bits per heavy atom. The molecule has 3 nitrogen and oxygen atoms in total. The van der Waals surface area contributed by atoms with Gasteiger partial charge in [-0.05, 0) is 49.0 Å². The van der Waals surface area contributed by atoms with Gasteiger partial charge in [-0.2, -0.15) is 5.10 Å². The number of aromatic nitrogens is 2. The number of allylic oxidation sites excluding steroid dienone is 2. The van der Waals surface area contributed by atoms with Crippen molar-refractivity contribution >= 4 is 11.3 Å². The van der Waals surface area contributed by atoms with Crippen LogP contribution in [-0.4, -0.2) is 16.3 Å². The van der Waals surface area contributed by atoms with Gasteiger partial charge in [-0.1, -0.05) is 18.2 Å². The number of rotatable bonds is 2. The third-order valence-electron chi connectivity index (χ3n) is 4.66. The minimum absolute atomic E-state index is 1.03. The number of hydrogen-bond donors (Lipinski definition) is 0. The summed E-state index contributed by atoms with van der Waals surface area (Å²) < 4.78 is 1.89. The highest BCUT2D eigenvalue weighted by molar-refractivity contribution is 5.83. The van der Waals surface area contributed by atoms with Gasteiger partial charge >= 0.3 is 0 Å². The SMILES string of the molecule is Cn1cc(C2=CN(c3ccccc3)CC3=C2CCCC3)cn1. The molecule has 1 aromatic heterocycles. The molecule has 0 unspecified atom stereocenters. The lowest BCUT2D eigenvalue weighted by molar-refractivity contribution is 0.667. The Kier molecular flexibility index (Phi) is 3.34. The zero-order valence-electron chi connectivity index (χ0n) is 13.0. The van der Waals surface area contributed by atoms with Gasteiger partial charge in [-0.25, -0.2) is 0 Å². The van der Waals surface area contributed by atoms with Gasteiger partial charge in [0.05, 0.1) is 6.20 Å². The molecule has 0 radical (unpaired) electrons. The van der Waals surface area contributed by atoms with Crippen molar-refractivity contribution in [3.05, 3.63) is 65.6 Å². The summed E-state index contributed by atoms with van der Waals surface area (Å²) in [6.07, 6.45) is 11.5. The second-order valence-electron chi connectivity index (χ2n) is 6.20. The maximum atomic E-state index is 4.36. The fourth-order valence-corrected chi connectivity index (χ4v) is 3.55. The van der Waals surface area contributed by atoms with Crippen LogP contribution in [0.5, 0.6) is 0 Å². The summed E-state index contributed by atoms with van der Waals surface area (Å²) >= 11 is 0. The number of para-hydroxylation sites is 1. The fraction of sp³-hybridized carbons (Fsp3) is 0.316. The van der Waals surface area contributed by atoms with Crippen LogP contribution in [-0.2, 0) is 7.05 Å². The highest BCUT2D eigenvalue weighted by atomic mass is 15.2. The van der Waals surface area contributed by atoms with E-state index in [9.17, 15) is 0 Å². The molecule has 1 aliphatic carbocycles. The smallest absolute Gasteiger partial charge is 0.0568 e. The van der Waals surface area contributed by atoms with Gasteiger partial charge in [0.1, 0.15) is 0 Å². The molecule has 0 saturated heterocycles. The predicted octanol–water partition coefficient (Wildman–Crippen LogP) is 4.15. The Bertz CT molecular complexity index is 737. The molecule has 0 atom stereocenters. The van der Waals surface area contributed by atoms with E-state index in [1.807, 2.05) is 17.9 Å². The van der Waals surface area contributed by atoms with Crippen molar-refractivity contribution in [1.29, 1.82) is 0 Å². The van der Waals surface area contributed by atoms with E-state index in [0.717, 1.165) is 6.54 Å². The first-order valence-corrected chi connectivity index (χ1v) is 8.05. The molecule has 112 valence electrons. The van der Waals surface area contributed by atoms with Crippen LogP contribution in [0.3, 0.4) is 0 Å². The molecule has 2 heterocycles. The molecule has 0 bridgehead atoms. The van der Waals surface area contributed by atoms with Crippen molar-refractivity contribution in [3.63, 3.8) is 0 Å². The van der Waals surface area contributed by atoms with E-state index in [1.165, 1.54) is 42.5 Å². The quantitative estimate of drug-likeness (QED) is 0.828. The molecule has 1 aromatic carbocycles. The molecule has 0 fully saturated rings. The third kappa shape index (κ3) is 2.37. The molecule has 3 heteroatoms. The Balaban J connectivity index is 1.79. The van der Waals surface area contributed by atoms with Crippen molar-refractivity contribution in [2.75, 3.05) is 11.4 Å². The first kappa shape index (κ1) is 13.4. The molecule has 0 spiro atoms. The molecule has 4 rings (SSSR count). The van der Waals surface area contributed by atoms with Crippen LogP contribution < -0.4 is 4.90 Å². The van der Waals surface area contributed by atoms with Crippen molar-refractivity contribution in [3.8, 4) is 0 Å². The molecule has 0 saturated carbocycles. The van der Waals surface area contributed by atoms with E-state index in [0.29, 0.717) is 0 Å². The summed E-state index contributed by atoms with van der Waals surface area (Å²) in [5, 5.41) is 4.36. The van der Waals surface area contributed by atoms with E-state index in [-0.39, 0.29) is 0 Å². The Morgan fingerprint density at radius 2 is 1.86 bits per heavy atom. The lowest BCUT2D eigenvalue weighted by Crippen LogP contribution is -2.26. The van der Waals surface area contributed by atoms with Gasteiger partial charge in [-0.15, -0.1) is 0 Å². The second-order valence-corrected chi connectivity index (χ2v) is 6.20. The summed E-state index contributed by atoms with van der Waals surface area (Å²) in [4.78, 5) is 2.38. The van der Waals surface area contributed by atoms with Crippen LogP contribution in [0.4, 0.5) is 5.69 Å². The van der Waals surface area contributed by atoms with Crippen molar-refractivity contribution in [1.82, 2.24) is 9.78 Å². The summed E-state index contributed by atoms with van der Waals surface area (Å²) in [7, 11) is 1.98. The molecule has 1 aliphatic heterocycles. The molecule has 22 heavy (non-hydrogen) atoms. The van der Waals surface area contributed by atoms with Crippen LogP contribution in [0.15, 0.2) is 60.1 Å². The normalized spacial score (nSPS) is 18.2. The highest BCUT2D eigenvalue weighted by Crippen LogP contribution is 2.39. The maximum Gasteiger partial charge on any atom is 0.0568 e. The van der Waals surface area contributed by atoms with E-state index < -0.39 is 0 Å². The van der Waals surface area contributed by atoms with E-state index in [2.05, 4.69) is 52.7 Å². The Morgan fingerprint density at radius 3 is 2.64 bits per heavy atom. The molecular weight excluding hydrogens is 270 g/mol. The second kappa shape index (κ2) is 5.48. The first-order valence-electron chi connectivity index (χ1n) is 8.05. The van der Waals surface area contributed by atoms with Gasteiger partial charge in [0, 0.05) is 42.8 Å². The number of benzene rings is 1. The Labute approximate surface area is 131 Å². The van der Waals surface area contributed by atoms with E-state index in [4.69, 9.17) is 0 Å². The Hall–Kier alpha value is -2.29. The van der Waals surface area contributed by atoms with Crippen LogP contribution >= 0.6 is 0 Å². The van der Waals surface area contributed by atoms with Crippen LogP contribution in [0.2, 0.25) is 0 Å². The van der Waals surface area contributed by atoms with Crippen LogP contribution in [0.25, 0.3) is 5.57 Å². The molecular formula is C19H21N3. The average Bonchev–Trinajstić information content (AvgIpc) is 3.01. The van der Waals surface area contributed by atoms with Crippen LogP contribution in [0, 0.1) is 0 Å². The zero-order chi connectivity index (χ0) is 14.9. The highest BCUT2D eigenvalue weighted by Gasteiger charge is 2.24. The standard InChI is InChI=1S/C19H21N3/c1-21-12-16(11-20-21)19-14-22(17-8-3-2-4-9-17)13-15-7-5-6-10-18(15)19/h2-4,8-9,11-12,14H,5-7,10,13H2,1H3. The van der Waals surface area contributed by atoms with E-state index >= 15 is 0 Å². The largest absolute Gasteiger partial charge is 0.343 e. The summed E-state index contributed by atoms with van der Waals surface area (Å²) in [5.41, 5.74) is 7.03. The van der Waals surface area contributed by atoms with E-state index in [1.54, 1.807) is 11.1 Å². The van der Waals surface area contributed by atoms with Gasteiger partial charge in [0.25, 0.3) is 0 Å². The van der Waals surface area contributed by atoms with Gasteiger partial charge in [0.15, 0.2) is 0 Å². The first-order chi connectivity index (χ1) is 10.8. The summed E-state index contributed by atoms with van der Waals surface area (Å²) in [6, 6.07) is 10.7. The van der Waals surface area contributed by atoms with Gasteiger partial charge in [0.2, 0.25) is 0 Å². The third-order valence-corrected chi connectivity index (χ3v) is 4.66. The monoisotopic (exact) mass is 291 g/mol. The average molecular weight is 291 g/mol. The van der Waals surface area contributed by atoms with Crippen molar-refractivity contribution in [2.24, 2.45) is 7.05 Å². The number of anilines is 1. The van der Waals surface area contributed by atoms with Crippen molar-refractivity contribution < 1.29 is 0 Å². The fourth-order valence-electron chi connectivity index (χ4n) is 3.55. The molecule has 2 aromatic rings. The number of nitrogens with zero attached hydrogens (tertiary/aromatic N) is 3. The summed E-state index contributed by atoms with van der Waals surface area (Å²) in [5.74, 6) is 0. The maximum absolute atomic E-state index is 4.36. The van der Waals surface area contributed by atoms with Gasteiger partial charge in [-0.3, -0.25) is 4.68 Å². The van der Waals surface area contributed by atoms with Gasteiger partial charge < -0.3 is 4.90 Å². The topological polar surface area (TPSA) is 21.1 Å². The number of aryl methyl sites for hydroxylation is 1. The minimum Gasteiger partial charge on any atom is -0.343 e. The lowest BCUT2D eigenvalue weighted by Gasteiger charge is -2.33. The zero-order valence-corrected chi connectivity index (χ0v) is 13.0. The van der Waals surface area contributed by atoms with Crippen LogP contribution in [0.1, 0.15) is 31.2 Å². The van der Waals surface area contributed by atoms with Crippen molar-refractivity contribution in [2.45, 2.75) is 25.7 Å². The minimum atomic E-state index is 1.03. The molecule has 0 N–H and O–H groups in total. The molecule has 2 aliphatic rings. The molecule has 0 amide bonds. The lowest BCUT2D eigenvalue weighted by atomic mass is 9.83. The number of hydrogen-bond acceptors (Lipinski definition) is 2.